The summed E-state index contributed by atoms with van der Waals surface area (Å²) in [6, 6.07) is 12.5. The van der Waals surface area contributed by atoms with Crippen LogP contribution in [0.5, 0.6) is 5.75 Å². The van der Waals surface area contributed by atoms with Gasteiger partial charge in [0.2, 0.25) is 5.91 Å². The third kappa shape index (κ3) is 4.98. The van der Waals surface area contributed by atoms with Crippen LogP contribution in [-0.4, -0.2) is 33.0 Å². The average molecular weight is 463 g/mol. The van der Waals surface area contributed by atoms with Crippen LogP contribution in [0, 0.1) is 0 Å². The third-order valence-corrected chi connectivity index (χ3v) is 5.86. The first-order valence-electron chi connectivity index (χ1n) is 9.04. The van der Waals surface area contributed by atoms with Crippen molar-refractivity contribution in [1.29, 1.82) is 0 Å². The third-order valence-electron chi connectivity index (χ3n) is 4.21. The van der Waals surface area contributed by atoms with Crippen LogP contribution < -0.4 is 10.1 Å². The van der Waals surface area contributed by atoms with E-state index in [9.17, 15) is 4.79 Å². The minimum Gasteiger partial charge on any atom is -0.496 e. The second-order valence-corrected chi connectivity index (χ2v) is 8.43. The van der Waals surface area contributed by atoms with E-state index in [0.717, 1.165) is 5.56 Å². The summed E-state index contributed by atoms with van der Waals surface area (Å²) >= 11 is 13.4. The summed E-state index contributed by atoms with van der Waals surface area (Å²) in [5.41, 5.74) is 1.27. The topological polar surface area (TPSA) is 69.0 Å². The van der Waals surface area contributed by atoms with Crippen molar-refractivity contribution in [1.82, 2.24) is 14.8 Å². The standard InChI is InChI=1S/C21H20Cl2N4O2S/c1-4-11-27-19(15-7-5-6-8-18(15)29-3)25-26-21(27)30-13(2)20(28)24-17-12-14(22)9-10-16(17)23/h4-10,12-13H,1,11H2,2-3H3,(H,24,28). The second-order valence-electron chi connectivity index (χ2n) is 6.28. The Morgan fingerprint density at radius 3 is 2.80 bits per heavy atom. The van der Waals surface area contributed by atoms with E-state index in [-0.39, 0.29) is 5.91 Å². The molecule has 0 aliphatic rings. The number of para-hydroxylation sites is 1. The molecule has 30 heavy (non-hydrogen) atoms. The van der Waals surface area contributed by atoms with Gasteiger partial charge in [0.15, 0.2) is 11.0 Å². The molecule has 1 heterocycles. The molecule has 2 aromatic carbocycles. The minimum atomic E-state index is -0.460. The second kappa shape index (κ2) is 10.0. The highest BCUT2D eigenvalue weighted by Crippen LogP contribution is 2.33. The smallest absolute Gasteiger partial charge is 0.237 e. The normalized spacial score (nSPS) is 11.7. The van der Waals surface area contributed by atoms with Crippen molar-refractivity contribution in [3.05, 3.63) is 65.2 Å². The number of nitrogens with zero attached hydrogens (tertiary/aromatic N) is 3. The number of amides is 1. The van der Waals surface area contributed by atoms with Crippen molar-refractivity contribution in [3.63, 3.8) is 0 Å². The molecule has 6 nitrogen and oxygen atoms in total. The molecule has 0 bridgehead atoms. The van der Waals surface area contributed by atoms with Gasteiger partial charge in [-0.3, -0.25) is 9.36 Å². The van der Waals surface area contributed by atoms with Crippen molar-refractivity contribution in [3.8, 4) is 17.1 Å². The fraction of sp³-hybridized carbons (Fsp3) is 0.190. The molecule has 156 valence electrons. The van der Waals surface area contributed by atoms with Gasteiger partial charge in [-0.15, -0.1) is 16.8 Å². The molecule has 0 fully saturated rings. The molecule has 0 saturated carbocycles. The quantitative estimate of drug-likeness (QED) is 0.350. The fourth-order valence-electron chi connectivity index (χ4n) is 2.74. The lowest BCUT2D eigenvalue weighted by atomic mass is 10.2. The van der Waals surface area contributed by atoms with Crippen LogP contribution in [0.15, 0.2) is 60.3 Å². The van der Waals surface area contributed by atoms with Gasteiger partial charge in [-0.1, -0.05) is 53.2 Å². The summed E-state index contributed by atoms with van der Waals surface area (Å²) in [6.07, 6.45) is 1.75. The summed E-state index contributed by atoms with van der Waals surface area (Å²) in [4.78, 5) is 12.7. The van der Waals surface area contributed by atoms with Gasteiger partial charge in [-0.25, -0.2) is 0 Å². The molecule has 1 atom stereocenters. The number of hydrogen-bond donors (Lipinski definition) is 1. The monoisotopic (exact) mass is 462 g/mol. The van der Waals surface area contributed by atoms with Crippen LogP contribution in [-0.2, 0) is 11.3 Å². The van der Waals surface area contributed by atoms with E-state index in [2.05, 4.69) is 22.1 Å². The molecule has 0 aliphatic heterocycles. The Morgan fingerprint density at radius 1 is 1.30 bits per heavy atom. The van der Waals surface area contributed by atoms with E-state index < -0.39 is 5.25 Å². The van der Waals surface area contributed by atoms with Gasteiger partial charge < -0.3 is 10.1 Å². The van der Waals surface area contributed by atoms with Gasteiger partial charge >= 0.3 is 0 Å². The number of thioether (sulfide) groups is 1. The highest BCUT2D eigenvalue weighted by atomic mass is 35.5. The summed E-state index contributed by atoms with van der Waals surface area (Å²) in [5, 5.41) is 12.5. The van der Waals surface area contributed by atoms with E-state index in [1.54, 1.807) is 38.3 Å². The molecule has 0 saturated heterocycles. The van der Waals surface area contributed by atoms with Gasteiger partial charge in [0.25, 0.3) is 0 Å². The van der Waals surface area contributed by atoms with E-state index in [4.69, 9.17) is 27.9 Å². The molecule has 1 unspecified atom stereocenters. The first-order chi connectivity index (χ1) is 14.4. The molecule has 3 aromatic rings. The Kier molecular flexibility index (Phi) is 7.42. The number of benzene rings is 2. The number of aromatic nitrogens is 3. The van der Waals surface area contributed by atoms with Crippen LogP contribution in [0.25, 0.3) is 11.4 Å². The number of nitrogens with one attached hydrogen (secondary N) is 1. The molecule has 9 heteroatoms. The van der Waals surface area contributed by atoms with Crippen LogP contribution in [0.4, 0.5) is 5.69 Å². The largest absolute Gasteiger partial charge is 0.496 e. The van der Waals surface area contributed by atoms with E-state index >= 15 is 0 Å². The molecule has 1 aromatic heterocycles. The number of methoxy groups -OCH3 is 1. The number of rotatable bonds is 8. The Morgan fingerprint density at radius 2 is 2.07 bits per heavy atom. The zero-order valence-electron chi connectivity index (χ0n) is 16.4. The van der Waals surface area contributed by atoms with Crippen LogP contribution in [0.3, 0.4) is 0 Å². The maximum Gasteiger partial charge on any atom is 0.237 e. The molecule has 3 rings (SSSR count). The fourth-order valence-corrected chi connectivity index (χ4v) is 3.93. The molecule has 1 N–H and O–H groups in total. The van der Waals surface area contributed by atoms with Crippen molar-refractivity contribution < 1.29 is 9.53 Å². The van der Waals surface area contributed by atoms with E-state index in [1.807, 2.05) is 28.8 Å². The molecule has 0 aliphatic carbocycles. The van der Waals surface area contributed by atoms with Gasteiger partial charge in [-0.05, 0) is 37.3 Å². The SMILES string of the molecule is C=CCn1c(SC(C)C(=O)Nc2cc(Cl)ccc2Cl)nnc1-c1ccccc1OC. The summed E-state index contributed by atoms with van der Waals surface area (Å²) in [7, 11) is 1.61. The number of allylic oxidation sites excluding steroid dienone is 1. The summed E-state index contributed by atoms with van der Waals surface area (Å²) < 4.78 is 7.34. The first-order valence-corrected chi connectivity index (χ1v) is 10.7. The highest BCUT2D eigenvalue weighted by Gasteiger charge is 2.22. The maximum atomic E-state index is 12.7. The van der Waals surface area contributed by atoms with Crippen molar-refractivity contribution >= 4 is 46.6 Å². The predicted octanol–water partition coefficient (Wildman–Crippen LogP) is 5.57. The van der Waals surface area contributed by atoms with Gasteiger partial charge in [-0.2, -0.15) is 0 Å². The van der Waals surface area contributed by atoms with Gasteiger partial charge in [0, 0.05) is 11.6 Å². The summed E-state index contributed by atoms with van der Waals surface area (Å²) in [6.45, 7) is 6.09. The maximum absolute atomic E-state index is 12.7. The Balaban J connectivity index is 1.84. The molecular formula is C21H20Cl2N4O2S. The lowest BCUT2D eigenvalue weighted by Crippen LogP contribution is -2.23. The average Bonchev–Trinajstić information content (AvgIpc) is 3.13. The predicted molar refractivity (Wildman–Crippen MR) is 123 cm³/mol. The van der Waals surface area contributed by atoms with Gasteiger partial charge in [0.1, 0.15) is 5.75 Å². The first kappa shape index (κ1) is 22.2. The van der Waals surface area contributed by atoms with Crippen LogP contribution in [0.2, 0.25) is 10.0 Å². The van der Waals surface area contributed by atoms with Crippen LogP contribution >= 0.6 is 35.0 Å². The van der Waals surface area contributed by atoms with Crippen molar-refractivity contribution in [2.75, 3.05) is 12.4 Å². The number of carbonyl (C=O) groups excluding carboxylic acids is 1. The molecule has 0 spiro atoms. The lowest BCUT2D eigenvalue weighted by Gasteiger charge is -2.14. The van der Waals surface area contributed by atoms with Crippen molar-refractivity contribution in [2.24, 2.45) is 0 Å². The zero-order valence-corrected chi connectivity index (χ0v) is 18.8. The van der Waals surface area contributed by atoms with E-state index in [1.165, 1.54) is 11.8 Å². The van der Waals surface area contributed by atoms with Crippen LogP contribution in [0.1, 0.15) is 6.92 Å². The number of anilines is 1. The highest BCUT2D eigenvalue weighted by molar-refractivity contribution is 8.00. The number of halogens is 2. The van der Waals surface area contributed by atoms with E-state index in [0.29, 0.717) is 39.0 Å². The van der Waals surface area contributed by atoms with Crippen molar-refractivity contribution in [2.45, 2.75) is 23.9 Å². The Bertz CT molecular complexity index is 1070. The molecule has 1 amide bonds. The molecule has 0 radical (unpaired) electrons. The summed E-state index contributed by atoms with van der Waals surface area (Å²) in [5.74, 6) is 1.10. The molecular weight excluding hydrogens is 443 g/mol. The lowest BCUT2D eigenvalue weighted by molar-refractivity contribution is -0.115. The number of ether oxygens (including phenoxy) is 1. The Labute approximate surface area is 189 Å². The Hall–Kier alpha value is -2.48. The number of carbonyl (C=O) groups is 1. The number of hydrogen-bond acceptors (Lipinski definition) is 5. The zero-order chi connectivity index (χ0) is 21.7. The minimum absolute atomic E-state index is 0.226. The van der Waals surface area contributed by atoms with Gasteiger partial charge in [0.05, 0.1) is 28.6 Å².